The first-order valence-corrected chi connectivity index (χ1v) is 8.73. The summed E-state index contributed by atoms with van der Waals surface area (Å²) in [6, 6.07) is 6.76. The van der Waals surface area contributed by atoms with Gasteiger partial charge in [0.25, 0.3) is 5.91 Å². The highest BCUT2D eigenvalue weighted by atomic mass is 16.2. The highest BCUT2D eigenvalue weighted by Crippen LogP contribution is 2.17. The third kappa shape index (κ3) is 5.42. The van der Waals surface area contributed by atoms with Crippen molar-refractivity contribution in [3.63, 3.8) is 0 Å². The summed E-state index contributed by atoms with van der Waals surface area (Å²) in [4.78, 5) is 30.5. The number of aryl methyl sites for hydroxylation is 1. The van der Waals surface area contributed by atoms with Gasteiger partial charge in [0.2, 0.25) is 5.91 Å². The quantitative estimate of drug-likeness (QED) is 0.759. The van der Waals surface area contributed by atoms with E-state index in [0.29, 0.717) is 17.8 Å². The summed E-state index contributed by atoms with van der Waals surface area (Å²) in [5, 5.41) is 5.85. The molecule has 0 saturated heterocycles. The molecule has 0 radical (unpaired) electrons. The Morgan fingerprint density at radius 1 is 1.23 bits per heavy atom. The minimum atomic E-state index is -0.155. The Morgan fingerprint density at radius 3 is 2.46 bits per heavy atom. The first kappa shape index (κ1) is 19.7. The van der Waals surface area contributed by atoms with E-state index < -0.39 is 0 Å². The number of carbonyl (C=O) groups is 2. The molecular weight excluding hydrogens is 330 g/mol. The largest absolute Gasteiger partial charge is 0.342 e. The molecule has 1 heterocycles. The Kier molecular flexibility index (Phi) is 6.91. The van der Waals surface area contributed by atoms with E-state index in [-0.39, 0.29) is 17.9 Å². The van der Waals surface area contributed by atoms with E-state index in [9.17, 15) is 9.59 Å². The third-order valence-electron chi connectivity index (χ3n) is 3.94. The Hall–Kier alpha value is -2.67. The van der Waals surface area contributed by atoms with E-state index in [1.165, 1.54) is 0 Å². The van der Waals surface area contributed by atoms with Crippen LogP contribution in [0.5, 0.6) is 0 Å². The molecule has 140 valence electrons. The van der Waals surface area contributed by atoms with Crippen molar-refractivity contribution in [2.24, 2.45) is 7.05 Å². The van der Waals surface area contributed by atoms with E-state index in [1.807, 2.05) is 31.9 Å². The minimum Gasteiger partial charge on any atom is -0.342 e. The number of hydrogen-bond donors (Lipinski definition) is 2. The maximum atomic E-state index is 12.6. The molecule has 1 unspecified atom stereocenters. The second kappa shape index (κ2) is 9.15. The van der Waals surface area contributed by atoms with Gasteiger partial charge in [0.05, 0.1) is 12.6 Å². The molecule has 0 aliphatic rings. The predicted molar refractivity (Wildman–Crippen MR) is 102 cm³/mol. The zero-order valence-electron chi connectivity index (χ0n) is 15.8. The Labute approximate surface area is 154 Å². The number of amides is 2. The van der Waals surface area contributed by atoms with Crippen LogP contribution in [0.4, 0.5) is 5.69 Å². The lowest BCUT2D eigenvalue weighted by molar-refractivity contribution is -0.116. The van der Waals surface area contributed by atoms with Gasteiger partial charge in [-0.25, -0.2) is 4.98 Å². The molecule has 2 N–H and O–H groups in total. The zero-order valence-corrected chi connectivity index (χ0v) is 15.8. The van der Waals surface area contributed by atoms with Crippen LogP contribution in [0.2, 0.25) is 0 Å². The van der Waals surface area contributed by atoms with Gasteiger partial charge in [-0.1, -0.05) is 13.3 Å². The van der Waals surface area contributed by atoms with Gasteiger partial charge in [-0.3, -0.25) is 9.59 Å². The molecule has 0 aliphatic carbocycles. The van der Waals surface area contributed by atoms with Crippen molar-refractivity contribution in [1.29, 1.82) is 0 Å². The monoisotopic (exact) mass is 357 g/mol. The van der Waals surface area contributed by atoms with Gasteiger partial charge in [-0.05, 0) is 44.8 Å². The molecule has 0 aliphatic heterocycles. The van der Waals surface area contributed by atoms with Gasteiger partial charge >= 0.3 is 0 Å². The van der Waals surface area contributed by atoms with Gasteiger partial charge in [0.15, 0.2) is 0 Å². The highest BCUT2D eigenvalue weighted by Gasteiger charge is 2.18. The fourth-order valence-corrected chi connectivity index (χ4v) is 2.70. The van der Waals surface area contributed by atoms with Crippen LogP contribution in [0.1, 0.15) is 42.0 Å². The number of imidazole rings is 1. The first-order valence-electron chi connectivity index (χ1n) is 8.73. The molecule has 1 aromatic heterocycles. The molecule has 2 amide bonds. The van der Waals surface area contributed by atoms with E-state index in [2.05, 4.69) is 22.5 Å². The van der Waals surface area contributed by atoms with Gasteiger partial charge in [-0.2, -0.15) is 0 Å². The summed E-state index contributed by atoms with van der Waals surface area (Å²) in [5.74, 6) is 0.593. The Morgan fingerprint density at radius 2 is 1.92 bits per heavy atom. The fourth-order valence-electron chi connectivity index (χ4n) is 2.70. The maximum Gasteiger partial charge on any atom is 0.251 e. The van der Waals surface area contributed by atoms with E-state index in [1.54, 1.807) is 35.4 Å². The van der Waals surface area contributed by atoms with E-state index >= 15 is 0 Å². The van der Waals surface area contributed by atoms with Gasteiger partial charge in [-0.15, -0.1) is 0 Å². The van der Waals surface area contributed by atoms with Crippen LogP contribution in [-0.2, 0) is 11.8 Å². The molecular formula is C19H27N5O2. The van der Waals surface area contributed by atoms with E-state index in [0.717, 1.165) is 18.7 Å². The van der Waals surface area contributed by atoms with Crippen LogP contribution in [0.3, 0.4) is 0 Å². The summed E-state index contributed by atoms with van der Waals surface area (Å²) in [7, 11) is 5.59. The molecule has 26 heavy (non-hydrogen) atoms. The van der Waals surface area contributed by atoms with Crippen LogP contribution in [-0.4, -0.2) is 46.9 Å². The number of nitrogens with zero attached hydrogens (tertiary/aromatic N) is 3. The second-order valence-electron chi connectivity index (χ2n) is 6.57. The summed E-state index contributed by atoms with van der Waals surface area (Å²) >= 11 is 0. The van der Waals surface area contributed by atoms with Crippen molar-refractivity contribution in [1.82, 2.24) is 19.8 Å². The van der Waals surface area contributed by atoms with Crippen LogP contribution in [0, 0.1) is 0 Å². The number of anilines is 1. The van der Waals surface area contributed by atoms with Crippen molar-refractivity contribution in [2.45, 2.75) is 25.8 Å². The number of rotatable bonds is 8. The number of carbonyl (C=O) groups excluding carboxylic acids is 2. The highest BCUT2D eigenvalue weighted by molar-refractivity contribution is 5.96. The average molecular weight is 357 g/mol. The van der Waals surface area contributed by atoms with Gasteiger partial charge in [0.1, 0.15) is 5.82 Å². The lowest BCUT2D eigenvalue weighted by Crippen LogP contribution is -2.30. The molecule has 0 spiro atoms. The first-order chi connectivity index (χ1) is 12.4. The maximum absolute atomic E-state index is 12.6. The summed E-state index contributed by atoms with van der Waals surface area (Å²) in [5.41, 5.74) is 1.22. The summed E-state index contributed by atoms with van der Waals surface area (Å²) in [6.07, 6.45) is 5.36. The molecule has 0 saturated carbocycles. The van der Waals surface area contributed by atoms with Crippen LogP contribution >= 0.6 is 0 Å². The van der Waals surface area contributed by atoms with Crippen LogP contribution in [0.15, 0.2) is 36.7 Å². The minimum absolute atomic E-state index is 0.0926. The summed E-state index contributed by atoms with van der Waals surface area (Å²) < 4.78 is 1.92. The molecule has 2 rings (SSSR count). The van der Waals surface area contributed by atoms with E-state index in [4.69, 9.17) is 0 Å². The summed E-state index contributed by atoms with van der Waals surface area (Å²) in [6.45, 7) is 2.39. The zero-order chi connectivity index (χ0) is 19.1. The fraction of sp³-hybridized carbons (Fsp3) is 0.421. The topological polar surface area (TPSA) is 79.3 Å². The predicted octanol–water partition coefficient (Wildman–Crippen LogP) is 2.19. The van der Waals surface area contributed by atoms with Crippen molar-refractivity contribution in [3.05, 3.63) is 48.0 Å². The normalized spacial score (nSPS) is 12.0. The average Bonchev–Trinajstić information content (AvgIpc) is 3.00. The Bertz CT molecular complexity index is 737. The molecule has 0 bridgehead atoms. The van der Waals surface area contributed by atoms with Crippen molar-refractivity contribution in [2.75, 3.05) is 26.0 Å². The number of benzene rings is 1. The van der Waals surface area contributed by atoms with Crippen LogP contribution in [0.25, 0.3) is 0 Å². The van der Waals surface area contributed by atoms with Crippen molar-refractivity contribution < 1.29 is 9.59 Å². The molecule has 2 aromatic rings. The third-order valence-corrected chi connectivity index (χ3v) is 3.94. The van der Waals surface area contributed by atoms with Crippen molar-refractivity contribution in [3.8, 4) is 0 Å². The lowest BCUT2D eigenvalue weighted by Gasteiger charge is -2.18. The number of hydrogen-bond acceptors (Lipinski definition) is 4. The smallest absolute Gasteiger partial charge is 0.251 e. The molecule has 0 fully saturated rings. The second-order valence-corrected chi connectivity index (χ2v) is 6.57. The SMILES string of the molecule is CCCC(NC(=O)c1ccc(NC(=O)CN(C)C)cc1)c1nccn1C. The number of nitrogens with one attached hydrogen (secondary N) is 2. The molecule has 7 nitrogen and oxygen atoms in total. The molecule has 1 atom stereocenters. The van der Waals surface area contributed by atoms with Crippen molar-refractivity contribution >= 4 is 17.5 Å². The number of likely N-dealkylation sites (N-methyl/N-ethyl adjacent to an activating group) is 1. The molecule has 1 aromatic carbocycles. The van der Waals surface area contributed by atoms with Gasteiger partial charge in [0, 0.05) is 30.7 Å². The molecule has 7 heteroatoms. The standard InChI is InChI=1S/C19H27N5O2/c1-5-6-16(18-20-11-12-24(18)4)22-19(26)14-7-9-15(10-8-14)21-17(25)13-23(2)3/h7-12,16H,5-6,13H2,1-4H3,(H,21,25)(H,22,26). The number of aromatic nitrogens is 2. The van der Waals surface area contributed by atoms with Crippen LogP contribution < -0.4 is 10.6 Å². The van der Waals surface area contributed by atoms with Gasteiger partial charge < -0.3 is 20.1 Å². The lowest BCUT2D eigenvalue weighted by atomic mass is 10.1. The Balaban J connectivity index is 2.02.